The molecule has 1 aromatic heterocycles. The molecule has 0 saturated heterocycles. The van der Waals surface area contributed by atoms with Crippen LogP contribution in [0.1, 0.15) is 20.8 Å². The minimum atomic E-state index is -0.487. The Bertz CT molecular complexity index is 522. The van der Waals surface area contributed by atoms with Crippen molar-refractivity contribution in [2.24, 2.45) is 0 Å². The molecule has 88 valence electrons. The largest absolute Gasteiger partial charge is 0.347 e. The normalized spacial score (nSPS) is 10.2. The van der Waals surface area contributed by atoms with E-state index in [1.54, 1.807) is 23.5 Å². The van der Waals surface area contributed by atoms with Crippen LogP contribution < -0.4 is 5.32 Å². The van der Waals surface area contributed by atoms with E-state index < -0.39 is 5.82 Å². The number of hydrogen-bond donors (Lipinski definition) is 1. The van der Waals surface area contributed by atoms with Crippen molar-refractivity contribution in [2.45, 2.75) is 13.5 Å². The second kappa shape index (κ2) is 5.10. The highest BCUT2D eigenvalue weighted by atomic mass is 32.1. The topological polar surface area (TPSA) is 29.1 Å². The van der Waals surface area contributed by atoms with Crippen molar-refractivity contribution in [1.29, 1.82) is 0 Å². The van der Waals surface area contributed by atoms with Crippen molar-refractivity contribution in [3.05, 3.63) is 57.5 Å². The summed E-state index contributed by atoms with van der Waals surface area (Å²) in [5, 5.41) is 4.64. The van der Waals surface area contributed by atoms with Gasteiger partial charge in [0.05, 0.1) is 12.1 Å². The summed E-state index contributed by atoms with van der Waals surface area (Å²) in [5.41, 5.74) is 0.967. The van der Waals surface area contributed by atoms with Crippen LogP contribution in [0.4, 0.5) is 4.39 Å². The highest BCUT2D eigenvalue weighted by Crippen LogP contribution is 2.11. The molecule has 1 N–H and O–H groups in total. The second-order valence-corrected chi connectivity index (χ2v) is 4.78. The fourth-order valence-electron chi connectivity index (χ4n) is 1.49. The Morgan fingerprint density at radius 2 is 2.24 bits per heavy atom. The maximum Gasteiger partial charge on any atom is 0.254 e. The zero-order valence-electron chi connectivity index (χ0n) is 9.37. The summed E-state index contributed by atoms with van der Waals surface area (Å²) in [6, 6.07) is 8.36. The first kappa shape index (κ1) is 11.8. The molecule has 17 heavy (non-hydrogen) atoms. The third-order valence-electron chi connectivity index (χ3n) is 2.37. The molecule has 2 nitrogen and oxygen atoms in total. The van der Waals surface area contributed by atoms with Crippen molar-refractivity contribution < 1.29 is 9.18 Å². The molecule has 1 amide bonds. The molecule has 1 heterocycles. The zero-order chi connectivity index (χ0) is 12.3. The van der Waals surface area contributed by atoms with Gasteiger partial charge in [-0.05, 0) is 30.5 Å². The van der Waals surface area contributed by atoms with Crippen LogP contribution in [0.25, 0.3) is 0 Å². The van der Waals surface area contributed by atoms with E-state index in [0.717, 1.165) is 10.4 Å². The van der Waals surface area contributed by atoms with E-state index in [1.807, 2.05) is 24.4 Å². The molecule has 0 aliphatic rings. The third kappa shape index (κ3) is 2.91. The zero-order valence-corrected chi connectivity index (χ0v) is 10.2. The SMILES string of the molecule is Cc1ccc(F)c(C(=O)NCc2cccs2)c1. The molecular formula is C13H12FNOS. The highest BCUT2D eigenvalue weighted by Gasteiger charge is 2.11. The van der Waals surface area contributed by atoms with Gasteiger partial charge in [-0.3, -0.25) is 4.79 Å². The van der Waals surface area contributed by atoms with Crippen molar-refractivity contribution >= 4 is 17.2 Å². The Morgan fingerprint density at radius 1 is 1.41 bits per heavy atom. The number of amides is 1. The second-order valence-electron chi connectivity index (χ2n) is 3.75. The Morgan fingerprint density at radius 3 is 2.94 bits per heavy atom. The minimum Gasteiger partial charge on any atom is -0.347 e. The summed E-state index contributed by atoms with van der Waals surface area (Å²) in [5.74, 6) is -0.862. The van der Waals surface area contributed by atoms with Gasteiger partial charge in [-0.2, -0.15) is 0 Å². The van der Waals surface area contributed by atoms with Crippen LogP contribution in [0.5, 0.6) is 0 Å². The summed E-state index contributed by atoms with van der Waals surface area (Å²) >= 11 is 1.56. The number of halogens is 1. The first-order chi connectivity index (χ1) is 8.16. The number of carbonyl (C=O) groups is 1. The van der Waals surface area contributed by atoms with Gasteiger partial charge in [-0.1, -0.05) is 17.7 Å². The molecule has 1 aromatic carbocycles. The molecule has 2 rings (SSSR count). The number of rotatable bonds is 3. The third-order valence-corrected chi connectivity index (χ3v) is 3.25. The van der Waals surface area contributed by atoms with Crippen molar-refractivity contribution in [3.8, 4) is 0 Å². The molecule has 0 fully saturated rings. The van der Waals surface area contributed by atoms with Crippen molar-refractivity contribution in [3.63, 3.8) is 0 Å². The minimum absolute atomic E-state index is 0.0987. The summed E-state index contributed by atoms with van der Waals surface area (Å²) in [7, 11) is 0. The molecule has 0 unspecified atom stereocenters. The van der Waals surface area contributed by atoms with Crippen LogP contribution in [-0.4, -0.2) is 5.91 Å². The molecule has 0 spiro atoms. The molecule has 4 heteroatoms. The van der Waals surface area contributed by atoms with Crippen LogP contribution in [0.15, 0.2) is 35.7 Å². The van der Waals surface area contributed by atoms with Gasteiger partial charge in [0, 0.05) is 4.88 Å². The fourth-order valence-corrected chi connectivity index (χ4v) is 2.13. The Hall–Kier alpha value is -1.68. The van der Waals surface area contributed by atoms with Crippen LogP contribution in [0, 0.1) is 12.7 Å². The van der Waals surface area contributed by atoms with Gasteiger partial charge < -0.3 is 5.32 Å². The molecule has 0 aliphatic heterocycles. The fraction of sp³-hybridized carbons (Fsp3) is 0.154. The predicted molar refractivity (Wildman–Crippen MR) is 66.6 cm³/mol. The van der Waals surface area contributed by atoms with Gasteiger partial charge in [0.25, 0.3) is 5.91 Å². The van der Waals surface area contributed by atoms with E-state index >= 15 is 0 Å². The molecule has 0 radical (unpaired) electrons. The maximum atomic E-state index is 13.4. The smallest absolute Gasteiger partial charge is 0.254 e. The van der Waals surface area contributed by atoms with E-state index in [0.29, 0.717) is 6.54 Å². The van der Waals surface area contributed by atoms with E-state index in [-0.39, 0.29) is 11.5 Å². The maximum absolute atomic E-state index is 13.4. The van der Waals surface area contributed by atoms with Gasteiger partial charge >= 0.3 is 0 Å². The number of thiophene rings is 1. The van der Waals surface area contributed by atoms with Gasteiger partial charge in [0.2, 0.25) is 0 Å². The Balaban J connectivity index is 2.07. The molecule has 0 atom stereocenters. The lowest BCUT2D eigenvalue weighted by atomic mass is 10.1. The highest BCUT2D eigenvalue weighted by molar-refractivity contribution is 7.09. The van der Waals surface area contributed by atoms with Gasteiger partial charge in [-0.25, -0.2) is 4.39 Å². The van der Waals surface area contributed by atoms with Crippen molar-refractivity contribution in [1.82, 2.24) is 5.32 Å². The summed E-state index contributed by atoms with van der Waals surface area (Å²) in [6.45, 7) is 2.26. The summed E-state index contributed by atoms with van der Waals surface area (Å²) in [6.07, 6.45) is 0. The Kier molecular flexibility index (Phi) is 3.54. The Labute approximate surface area is 103 Å². The quantitative estimate of drug-likeness (QED) is 0.889. The van der Waals surface area contributed by atoms with Gasteiger partial charge in [0.15, 0.2) is 0 Å². The lowest BCUT2D eigenvalue weighted by Crippen LogP contribution is -2.23. The molecular weight excluding hydrogens is 237 g/mol. The lowest BCUT2D eigenvalue weighted by molar-refractivity contribution is 0.0947. The van der Waals surface area contributed by atoms with Crippen LogP contribution >= 0.6 is 11.3 Å². The molecule has 0 aliphatic carbocycles. The van der Waals surface area contributed by atoms with Crippen LogP contribution in [-0.2, 0) is 6.54 Å². The average Bonchev–Trinajstić information content (AvgIpc) is 2.82. The molecule has 2 aromatic rings. The monoisotopic (exact) mass is 249 g/mol. The standard InChI is InChI=1S/C13H12FNOS/c1-9-4-5-12(14)11(7-9)13(16)15-8-10-3-2-6-17-10/h2-7H,8H2,1H3,(H,15,16). The number of benzene rings is 1. The summed E-state index contributed by atoms with van der Waals surface area (Å²) < 4.78 is 13.4. The first-order valence-electron chi connectivity index (χ1n) is 5.23. The van der Waals surface area contributed by atoms with Gasteiger partial charge in [-0.15, -0.1) is 11.3 Å². The number of nitrogens with one attached hydrogen (secondary N) is 1. The van der Waals surface area contributed by atoms with Gasteiger partial charge in [0.1, 0.15) is 5.82 Å². The number of aryl methyl sites for hydroxylation is 1. The van der Waals surface area contributed by atoms with E-state index in [1.165, 1.54) is 6.07 Å². The molecule has 0 bridgehead atoms. The number of carbonyl (C=O) groups excluding carboxylic acids is 1. The number of hydrogen-bond acceptors (Lipinski definition) is 2. The van der Waals surface area contributed by atoms with E-state index in [2.05, 4.69) is 5.32 Å². The van der Waals surface area contributed by atoms with E-state index in [4.69, 9.17) is 0 Å². The molecule has 0 saturated carbocycles. The van der Waals surface area contributed by atoms with Crippen molar-refractivity contribution in [2.75, 3.05) is 0 Å². The predicted octanol–water partition coefficient (Wildman–Crippen LogP) is 3.13. The van der Waals surface area contributed by atoms with Crippen LogP contribution in [0.2, 0.25) is 0 Å². The lowest BCUT2D eigenvalue weighted by Gasteiger charge is -2.05. The van der Waals surface area contributed by atoms with E-state index in [9.17, 15) is 9.18 Å². The van der Waals surface area contributed by atoms with Crippen LogP contribution in [0.3, 0.4) is 0 Å². The first-order valence-corrected chi connectivity index (χ1v) is 6.11. The average molecular weight is 249 g/mol. The summed E-state index contributed by atoms with van der Waals surface area (Å²) in [4.78, 5) is 12.8.